The van der Waals surface area contributed by atoms with Crippen molar-refractivity contribution in [2.45, 2.75) is 26.3 Å². The van der Waals surface area contributed by atoms with Gasteiger partial charge in [-0.05, 0) is 49.0 Å². The molecule has 0 spiro atoms. The summed E-state index contributed by atoms with van der Waals surface area (Å²) in [5.41, 5.74) is 1.31. The molecule has 0 aliphatic rings. The van der Waals surface area contributed by atoms with Crippen LogP contribution in [0.1, 0.15) is 29.0 Å². The van der Waals surface area contributed by atoms with Crippen LogP contribution in [-0.2, 0) is 6.42 Å². The van der Waals surface area contributed by atoms with Crippen LogP contribution < -0.4 is 5.32 Å². The van der Waals surface area contributed by atoms with Crippen LogP contribution in [0.5, 0.6) is 0 Å². The molecule has 2 rings (SSSR count). The fourth-order valence-electron chi connectivity index (χ4n) is 2.18. The number of aryl methyl sites for hydroxylation is 1. The average molecular weight is 281 g/mol. The second kappa shape index (κ2) is 6.26. The van der Waals surface area contributed by atoms with Crippen LogP contribution in [-0.4, -0.2) is 6.54 Å². The topological polar surface area (TPSA) is 12.0 Å². The second-order valence-electron chi connectivity index (χ2n) is 4.48. The molecule has 0 radical (unpaired) electrons. The molecule has 0 aliphatic carbocycles. The highest BCUT2D eigenvalue weighted by Gasteiger charge is 2.19. The molecule has 0 aliphatic heterocycles. The van der Waals surface area contributed by atoms with Gasteiger partial charge in [-0.15, -0.1) is 11.3 Å². The van der Waals surface area contributed by atoms with Crippen molar-refractivity contribution in [2.75, 3.05) is 6.54 Å². The number of hydrogen-bond donors (Lipinski definition) is 1. The quantitative estimate of drug-likeness (QED) is 0.865. The monoisotopic (exact) mass is 281 g/mol. The maximum Gasteiger partial charge on any atom is 0.129 e. The van der Waals surface area contributed by atoms with Crippen LogP contribution in [0.2, 0.25) is 0 Å². The highest BCUT2D eigenvalue weighted by Crippen LogP contribution is 2.28. The van der Waals surface area contributed by atoms with Crippen LogP contribution >= 0.6 is 11.3 Å². The Bertz CT molecular complexity index is 531. The Hall–Kier alpha value is -1.26. The SMILES string of the molecule is CCNC(Cc1c(F)cccc1F)c1sccc1C. The fourth-order valence-corrected chi connectivity index (χ4v) is 3.18. The lowest BCUT2D eigenvalue weighted by Crippen LogP contribution is -2.23. The molecule has 2 aromatic rings. The minimum atomic E-state index is -0.475. The lowest BCUT2D eigenvalue weighted by atomic mass is 10.0. The van der Waals surface area contributed by atoms with Crippen molar-refractivity contribution < 1.29 is 8.78 Å². The Balaban J connectivity index is 2.29. The Morgan fingerprint density at radius 1 is 1.21 bits per heavy atom. The third kappa shape index (κ3) is 3.19. The third-order valence-corrected chi connectivity index (χ3v) is 4.27. The van der Waals surface area contributed by atoms with Gasteiger partial charge in [-0.2, -0.15) is 0 Å². The maximum atomic E-state index is 13.7. The van der Waals surface area contributed by atoms with Gasteiger partial charge < -0.3 is 5.32 Å². The van der Waals surface area contributed by atoms with E-state index < -0.39 is 11.6 Å². The molecule has 0 saturated heterocycles. The van der Waals surface area contributed by atoms with E-state index in [0.29, 0.717) is 6.42 Å². The molecule has 1 unspecified atom stereocenters. The largest absolute Gasteiger partial charge is 0.309 e. The number of benzene rings is 1. The van der Waals surface area contributed by atoms with Gasteiger partial charge in [0.15, 0.2) is 0 Å². The zero-order chi connectivity index (χ0) is 13.8. The van der Waals surface area contributed by atoms with Crippen LogP contribution in [0.4, 0.5) is 8.78 Å². The van der Waals surface area contributed by atoms with Gasteiger partial charge in [0.2, 0.25) is 0 Å². The zero-order valence-electron chi connectivity index (χ0n) is 11.0. The Morgan fingerprint density at radius 2 is 1.89 bits per heavy atom. The minimum absolute atomic E-state index is 0.0450. The molecular weight excluding hydrogens is 264 g/mol. The Kier molecular flexibility index (Phi) is 4.66. The van der Waals surface area contributed by atoms with Crippen molar-refractivity contribution in [3.8, 4) is 0 Å². The summed E-state index contributed by atoms with van der Waals surface area (Å²) >= 11 is 1.62. The summed E-state index contributed by atoms with van der Waals surface area (Å²) in [4.78, 5) is 1.14. The van der Waals surface area contributed by atoms with E-state index in [-0.39, 0.29) is 11.6 Å². The van der Waals surface area contributed by atoms with E-state index >= 15 is 0 Å². The molecule has 0 bridgehead atoms. The summed E-state index contributed by atoms with van der Waals surface area (Å²) in [6, 6.07) is 6.00. The Labute approximate surface area is 116 Å². The summed E-state index contributed by atoms with van der Waals surface area (Å²) in [6.45, 7) is 4.78. The molecule has 0 fully saturated rings. The van der Waals surface area contributed by atoms with E-state index in [4.69, 9.17) is 0 Å². The van der Waals surface area contributed by atoms with E-state index in [1.807, 2.05) is 25.3 Å². The molecular formula is C15H17F2NS. The van der Waals surface area contributed by atoms with Crippen LogP contribution in [0.15, 0.2) is 29.6 Å². The molecule has 0 saturated carbocycles. The van der Waals surface area contributed by atoms with Crippen molar-refractivity contribution in [3.05, 3.63) is 57.3 Å². The van der Waals surface area contributed by atoms with Crippen LogP contribution in [0, 0.1) is 18.6 Å². The summed E-state index contributed by atoms with van der Waals surface area (Å²) in [5.74, 6) is -0.950. The summed E-state index contributed by atoms with van der Waals surface area (Å²) in [5, 5.41) is 5.31. The highest BCUT2D eigenvalue weighted by molar-refractivity contribution is 7.10. The number of rotatable bonds is 5. The van der Waals surface area contributed by atoms with Crippen molar-refractivity contribution in [1.29, 1.82) is 0 Å². The minimum Gasteiger partial charge on any atom is -0.309 e. The number of thiophene rings is 1. The number of nitrogens with one attached hydrogen (secondary N) is 1. The highest BCUT2D eigenvalue weighted by atomic mass is 32.1. The smallest absolute Gasteiger partial charge is 0.129 e. The maximum absolute atomic E-state index is 13.7. The zero-order valence-corrected chi connectivity index (χ0v) is 11.9. The predicted molar refractivity (Wildman–Crippen MR) is 75.5 cm³/mol. The first-order valence-electron chi connectivity index (χ1n) is 6.33. The molecule has 1 N–H and O–H groups in total. The van der Waals surface area contributed by atoms with E-state index in [9.17, 15) is 8.78 Å². The molecule has 1 heterocycles. The molecule has 1 atom stereocenters. The van der Waals surface area contributed by atoms with Gasteiger partial charge in [0.1, 0.15) is 11.6 Å². The van der Waals surface area contributed by atoms with Gasteiger partial charge in [0, 0.05) is 16.5 Å². The average Bonchev–Trinajstić information content (AvgIpc) is 2.79. The van der Waals surface area contributed by atoms with Crippen molar-refractivity contribution >= 4 is 11.3 Å². The van der Waals surface area contributed by atoms with Gasteiger partial charge in [-0.25, -0.2) is 8.78 Å². The Morgan fingerprint density at radius 3 is 2.42 bits per heavy atom. The van der Waals surface area contributed by atoms with Crippen LogP contribution in [0.25, 0.3) is 0 Å². The second-order valence-corrected chi connectivity index (χ2v) is 5.43. The molecule has 1 aromatic carbocycles. The van der Waals surface area contributed by atoms with E-state index in [1.165, 1.54) is 18.2 Å². The number of halogens is 2. The van der Waals surface area contributed by atoms with Gasteiger partial charge in [0.05, 0.1) is 0 Å². The first-order valence-corrected chi connectivity index (χ1v) is 7.21. The van der Waals surface area contributed by atoms with Crippen molar-refractivity contribution in [3.63, 3.8) is 0 Å². The first-order chi connectivity index (χ1) is 9.13. The molecule has 102 valence electrons. The van der Waals surface area contributed by atoms with Crippen molar-refractivity contribution in [1.82, 2.24) is 5.32 Å². The number of hydrogen-bond acceptors (Lipinski definition) is 2. The van der Waals surface area contributed by atoms with Gasteiger partial charge >= 0.3 is 0 Å². The van der Waals surface area contributed by atoms with Gasteiger partial charge in [0.25, 0.3) is 0 Å². The number of likely N-dealkylation sites (N-methyl/N-ethyl adjacent to an activating group) is 1. The lowest BCUT2D eigenvalue weighted by molar-refractivity contribution is 0.502. The summed E-state index contributed by atoms with van der Waals surface area (Å²) in [7, 11) is 0. The normalized spacial score (nSPS) is 12.6. The van der Waals surface area contributed by atoms with Gasteiger partial charge in [-0.3, -0.25) is 0 Å². The van der Waals surface area contributed by atoms with E-state index in [0.717, 1.165) is 17.0 Å². The lowest BCUT2D eigenvalue weighted by Gasteiger charge is -2.18. The molecule has 1 aromatic heterocycles. The van der Waals surface area contributed by atoms with E-state index in [1.54, 1.807) is 11.3 Å². The summed E-state index contributed by atoms with van der Waals surface area (Å²) in [6.07, 6.45) is 0.327. The standard InChI is InChI=1S/C15H17F2NS/c1-3-18-14(15-10(2)7-8-19-15)9-11-12(16)5-4-6-13(11)17/h4-8,14,18H,3,9H2,1-2H3. The first kappa shape index (κ1) is 14.2. The molecule has 0 amide bonds. The van der Waals surface area contributed by atoms with Gasteiger partial charge in [-0.1, -0.05) is 13.0 Å². The van der Waals surface area contributed by atoms with E-state index in [2.05, 4.69) is 5.32 Å². The summed E-state index contributed by atoms with van der Waals surface area (Å²) < 4.78 is 27.5. The van der Waals surface area contributed by atoms with Crippen LogP contribution in [0.3, 0.4) is 0 Å². The molecule has 19 heavy (non-hydrogen) atoms. The third-order valence-electron chi connectivity index (χ3n) is 3.14. The predicted octanol–water partition coefficient (Wildman–Crippen LogP) is 4.23. The molecule has 1 nitrogen and oxygen atoms in total. The fraction of sp³-hybridized carbons (Fsp3) is 0.333. The van der Waals surface area contributed by atoms with Crippen molar-refractivity contribution in [2.24, 2.45) is 0 Å². The molecule has 4 heteroatoms.